The van der Waals surface area contributed by atoms with Gasteiger partial charge in [0.25, 0.3) is 0 Å². The molecule has 13 heavy (non-hydrogen) atoms. The highest BCUT2D eigenvalue weighted by atomic mass is 15.3. The van der Waals surface area contributed by atoms with Gasteiger partial charge in [0.2, 0.25) is 5.95 Å². The summed E-state index contributed by atoms with van der Waals surface area (Å²) >= 11 is 0. The molecule has 0 aliphatic carbocycles. The van der Waals surface area contributed by atoms with Crippen LogP contribution in [0.4, 0.5) is 5.95 Å². The number of hydrogen-bond acceptors (Lipinski definition) is 4. The summed E-state index contributed by atoms with van der Waals surface area (Å²) in [5.74, 6) is 0.277. The van der Waals surface area contributed by atoms with Gasteiger partial charge in [-0.1, -0.05) is 0 Å². The maximum atomic E-state index is 5.46. The highest BCUT2D eigenvalue weighted by molar-refractivity contribution is 5.54. The molecular weight excluding hydrogens is 166 g/mol. The number of anilines is 1. The van der Waals surface area contributed by atoms with Gasteiger partial charge in [0.05, 0.1) is 11.4 Å². The van der Waals surface area contributed by atoms with Crippen molar-refractivity contribution in [3.63, 3.8) is 0 Å². The summed E-state index contributed by atoms with van der Waals surface area (Å²) in [6, 6.07) is 3.68. The van der Waals surface area contributed by atoms with Crippen LogP contribution in [0.2, 0.25) is 0 Å². The van der Waals surface area contributed by atoms with Crippen molar-refractivity contribution in [2.24, 2.45) is 7.05 Å². The molecule has 2 aromatic rings. The van der Waals surface area contributed by atoms with Crippen LogP contribution in [-0.4, -0.2) is 19.7 Å². The van der Waals surface area contributed by atoms with E-state index >= 15 is 0 Å². The summed E-state index contributed by atoms with van der Waals surface area (Å²) in [7, 11) is 1.85. The fraction of sp³-hybridized carbons (Fsp3) is 0.125. The number of hydrogen-bond donors (Lipinski definition) is 1. The maximum absolute atomic E-state index is 5.46. The molecule has 2 rings (SSSR count). The molecule has 2 aromatic heterocycles. The molecule has 2 heterocycles. The number of nitrogen functional groups attached to an aromatic ring is 1. The zero-order valence-corrected chi connectivity index (χ0v) is 7.18. The van der Waals surface area contributed by atoms with Gasteiger partial charge in [0.15, 0.2) is 0 Å². The first-order chi connectivity index (χ1) is 6.27. The maximum Gasteiger partial charge on any atom is 0.220 e. The zero-order valence-electron chi connectivity index (χ0n) is 7.18. The van der Waals surface area contributed by atoms with E-state index in [-0.39, 0.29) is 5.95 Å². The second kappa shape index (κ2) is 2.85. The molecular formula is C8H9N5. The molecule has 0 saturated carbocycles. The summed E-state index contributed by atoms with van der Waals surface area (Å²) in [5, 5.41) is 4.04. The van der Waals surface area contributed by atoms with Crippen molar-refractivity contribution < 1.29 is 0 Å². The van der Waals surface area contributed by atoms with Gasteiger partial charge in [-0.15, -0.1) is 0 Å². The Kier molecular flexibility index (Phi) is 1.70. The van der Waals surface area contributed by atoms with Gasteiger partial charge < -0.3 is 5.73 Å². The van der Waals surface area contributed by atoms with Crippen LogP contribution >= 0.6 is 0 Å². The Balaban J connectivity index is 2.53. The average molecular weight is 175 g/mol. The summed E-state index contributed by atoms with van der Waals surface area (Å²) in [6.45, 7) is 0. The molecule has 0 unspecified atom stereocenters. The van der Waals surface area contributed by atoms with Crippen LogP contribution in [0.1, 0.15) is 0 Å². The Morgan fingerprint density at radius 3 is 2.77 bits per heavy atom. The molecule has 2 N–H and O–H groups in total. The van der Waals surface area contributed by atoms with E-state index < -0.39 is 0 Å². The lowest BCUT2D eigenvalue weighted by molar-refractivity contribution is 0.773. The molecule has 0 bridgehead atoms. The van der Waals surface area contributed by atoms with E-state index in [1.165, 1.54) is 0 Å². The van der Waals surface area contributed by atoms with Crippen LogP contribution in [0.3, 0.4) is 0 Å². The lowest BCUT2D eigenvalue weighted by Crippen LogP contribution is -1.99. The molecule has 5 heteroatoms. The average Bonchev–Trinajstić information content (AvgIpc) is 2.51. The minimum Gasteiger partial charge on any atom is -0.368 e. The van der Waals surface area contributed by atoms with E-state index in [2.05, 4.69) is 15.1 Å². The van der Waals surface area contributed by atoms with Gasteiger partial charge in [-0.2, -0.15) is 5.10 Å². The second-order valence-electron chi connectivity index (χ2n) is 2.64. The zero-order chi connectivity index (χ0) is 9.26. The molecule has 0 radical (unpaired) electrons. The van der Waals surface area contributed by atoms with Crippen molar-refractivity contribution >= 4 is 5.95 Å². The van der Waals surface area contributed by atoms with Gasteiger partial charge in [-0.25, -0.2) is 9.97 Å². The third-order valence-electron chi connectivity index (χ3n) is 1.76. The number of nitrogens with zero attached hydrogens (tertiary/aromatic N) is 4. The number of aryl methyl sites for hydroxylation is 1. The van der Waals surface area contributed by atoms with E-state index in [0.29, 0.717) is 0 Å². The molecule has 0 saturated heterocycles. The first-order valence-electron chi connectivity index (χ1n) is 3.84. The molecule has 5 nitrogen and oxygen atoms in total. The molecule has 0 spiro atoms. The third kappa shape index (κ3) is 1.35. The number of aromatic nitrogens is 4. The summed E-state index contributed by atoms with van der Waals surface area (Å²) in [6.07, 6.45) is 3.35. The van der Waals surface area contributed by atoms with Crippen molar-refractivity contribution in [2.45, 2.75) is 0 Å². The Hall–Kier alpha value is -1.91. The molecule has 0 aliphatic rings. The predicted octanol–water partition coefficient (Wildman–Crippen LogP) is 0.459. The van der Waals surface area contributed by atoms with Crippen molar-refractivity contribution in [1.29, 1.82) is 0 Å². The molecule has 0 atom stereocenters. The van der Waals surface area contributed by atoms with Crippen molar-refractivity contribution in [1.82, 2.24) is 19.7 Å². The predicted molar refractivity (Wildman–Crippen MR) is 48.6 cm³/mol. The lowest BCUT2D eigenvalue weighted by Gasteiger charge is -2.00. The Labute approximate surface area is 75.2 Å². The molecule has 0 aromatic carbocycles. The molecule has 0 fully saturated rings. The number of nitrogens with two attached hydrogens (primary N) is 1. The molecule has 0 aliphatic heterocycles. The van der Waals surface area contributed by atoms with Crippen LogP contribution in [-0.2, 0) is 7.05 Å². The van der Waals surface area contributed by atoms with Crippen LogP contribution < -0.4 is 5.73 Å². The lowest BCUT2D eigenvalue weighted by atomic mass is 10.3. The monoisotopic (exact) mass is 175 g/mol. The fourth-order valence-corrected chi connectivity index (χ4v) is 1.14. The molecule has 66 valence electrons. The third-order valence-corrected chi connectivity index (χ3v) is 1.76. The standard InChI is InChI=1S/C8H9N5/c1-13-7(3-5-11-13)6-2-4-10-8(9)12-6/h2-5H,1H3,(H2,9,10,12). The summed E-state index contributed by atoms with van der Waals surface area (Å²) in [4.78, 5) is 7.90. The van der Waals surface area contributed by atoms with Crippen molar-refractivity contribution in [2.75, 3.05) is 5.73 Å². The van der Waals surface area contributed by atoms with Crippen LogP contribution in [0.5, 0.6) is 0 Å². The Morgan fingerprint density at radius 2 is 2.15 bits per heavy atom. The van der Waals surface area contributed by atoms with E-state index in [1.807, 2.05) is 13.1 Å². The van der Waals surface area contributed by atoms with Gasteiger partial charge in [-0.3, -0.25) is 4.68 Å². The van der Waals surface area contributed by atoms with E-state index in [4.69, 9.17) is 5.73 Å². The minimum absolute atomic E-state index is 0.277. The topological polar surface area (TPSA) is 69.6 Å². The highest BCUT2D eigenvalue weighted by Crippen LogP contribution is 2.14. The van der Waals surface area contributed by atoms with Crippen LogP contribution in [0.15, 0.2) is 24.5 Å². The van der Waals surface area contributed by atoms with Gasteiger partial charge in [-0.05, 0) is 12.1 Å². The molecule has 0 amide bonds. The minimum atomic E-state index is 0.277. The van der Waals surface area contributed by atoms with Gasteiger partial charge >= 0.3 is 0 Å². The van der Waals surface area contributed by atoms with E-state index in [0.717, 1.165) is 11.4 Å². The SMILES string of the molecule is Cn1nccc1-c1ccnc(N)n1. The van der Waals surface area contributed by atoms with Crippen LogP contribution in [0.25, 0.3) is 11.4 Å². The fourth-order valence-electron chi connectivity index (χ4n) is 1.14. The van der Waals surface area contributed by atoms with Crippen LogP contribution in [0, 0.1) is 0 Å². The quantitative estimate of drug-likeness (QED) is 0.683. The first kappa shape index (κ1) is 7.72. The van der Waals surface area contributed by atoms with E-state index in [1.54, 1.807) is 23.1 Å². The summed E-state index contributed by atoms with van der Waals surface area (Å²) < 4.78 is 1.74. The Bertz CT molecular complexity index is 420. The number of rotatable bonds is 1. The normalized spacial score (nSPS) is 10.2. The summed E-state index contributed by atoms with van der Waals surface area (Å²) in [5.41, 5.74) is 7.17. The Morgan fingerprint density at radius 1 is 1.31 bits per heavy atom. The largest absolute Gasteiger partial charge is 0.368 e. The first-order valence-corrected chi connectivity index (χ1v) is 3.84. The second-order valence-corrected chi connectivity index (χ2v) is 2.64. The van der Waals surface area contributed by atoms with Crippen molar-refractivity contribution in [3.8, 4) is 11.4 Å². The van der Waals surface area contributed by atoms with E-state index in [9.17, 15) is 0 Å². The van der Waals surface area contributed by atoms with Gasteiger partial charge in [0, 0.05) is 19.4 Å². The highest BCUT2D eigenvalue weighted by Gasteiger charge is 2.03. The smallest absolute Gasteiger partial charge is 0.220 e. The van der Waals surface area contributed by atoms with Gasteiger partial charge in [0.1, 0.15) is 0 Å². The van der Waals surface area contributed by atoms with Crippen molar-refractivity contribution in [3.05, 3.63) is 24.5 Å².